The molecule has 0 spiro atoms. The summed E-state index contributed by atoms with van der Waals surface area (Å²) in [5, 5.41) is 11.6. The van der Waals surface area contributed by atoms with E-state index < -0.39 is 0 Å². The van der Waals surface area contributed by atoms with Crippen LogP contribution in [0.2, 0.25) is 0 Å². The number of aryl methyl sites for hydroxylation is 1. The first-order valence-corrected chi connectivity index (χ1v) is 6.92. The Morgan fingerprint density at radius 1 is 1.40 bits per heavy atom. The maximum absolute atomic E-state index is 12.1. The average Bonchev–Trinajstić information content (AvgIpc) is 2.43. The molecule has 0 aliphatic rings. The third kappa shape index (κ3) is 4.70. The Morgan fingerprint density at radius 2 is 2.15 bits per heavy atom. The van der Waals surface area contributed by atoms with Crippen LogP contribution in [0.15, 0.2) is 23.1 Å². The van der Waals surface area contributed by atoms with Gasteiger partial charge < -0.3 is 19.9 Å². The highest BCUT2D eigenvalue weighted by Crippen LogP contribution is 2.03. The number of nitrogens with zero attached hydrogens (tertiary/aromatic N) is 2. The molecule has 112 valence electrons. The molecule has 6 heteroatoms. The van der Waals surface area contributed by atoms with Crippen LogP contribution in [-0.2, 0) is 7.05 Å². The molecule has 0 fully saturated rings. The Kier molecular flexibility index (Phi) is 6.79. The number of rotatable bonds is 7. The molecule has 0 saturated heterocycles. The molecule has 0 unspecified atom stereocenters. The van der Waals surface area contributed by atoms with Crippen LogP contribution >= 0.6 is 0 Å². The summed E-state index contributed by atoms with van der Waals surface area (Å²) < 4.78 is 1.41. The van der Waals surface area contributed by atoms with Crippen LogP contribution in [0.1, 0.15) is 26.2 Å². The van der Waals surface area contributed by atoms with E-state index in [0.29, 0.717) is 6.54 Å². The number of hydrogen-bond acceptors (Lipinski definition) is 3. The molecule has 1 rings (SSSR count). The molecule has 20 heavy (non-hydrogen) atoms. The Bertz CT molecular complexity index is 485. The number of aromatic nitrogens is 1. The topological polar surface area (TPSA) is 74.6 Å². The van der Waals surface area contributed by atoms with E-state index in [1.165, 1.54) is 9.47 Å². The lowest BCUT2D eigenvalue weighted by molar-refractivity contribution is 0.187. The van der Waals surface area contributed by atoms with Crippen LogP contribution in [-0.4, -0.2) is 40.3 Å². The normalized spacial score (nSPS) is 10.3. The SMILES string of the molecule is CCCCCN(CCO)C(=O)Nc1cccn(C)c1=O. The Morgan fingerprint density at radius 3 is 2.80 bits per heavy atom. The molecule has 1 aromatic heterocycles. The zero-order chi connectivity index (χ0) is 15.0. The minimum atomic E-state index is -0.349. The molecule has 2 N–H and O–H groups in total. The number of urea groups is 1. The molecule has 1 aromatic rings. The van der Waals surface area contributed by atoms with Crippen molar-refractivity contribution in [2.75, 3.05) is 25.0 Å². The average molecular weight is 281 g/mol. The van der Waals surface area contributed by atoms with Gasteiger partial charge in [-0.1, -0.05) is 19.8 Å². The van der Waals surface area contributed by atoms with Gasteiger partial charge in [-0.25, -0.2) is 4.79 Å². The van der Waals surface area contributed by atoms with E-state index in [1.54, 1.807) is 25.4 Å². The third-order valence-electron chi connectivity index (χ3n) is 3.05. The van der Waals surface area contributed by atoms with Gasteiger partial charge in [-0.3, -0.25) is 4.79 Å². The number of hydrogen-bond donors (Lipinski definition) is 2. The molecule has 0 atom stereocenters. The number of unbranched alkanes of at least 4 members (excludes halogenated alkanes) is 2. The first-order chi connectivity index (χ1) is 9.60. The minimum Gasteiger partial charge on any atom is -0.395 e. The Hall–Kier alpha value is -1.82. The van der Waals surface area contributed by atoms with Crippen LogP contribution in [0.25, 0.3) is 0 Å². The van der Waals surface area contributed by atoms with Gasteiger partial charge in [0.2, 0.25) is 0 Å². The lowest BCUT2D eigenvalue weighted by Gasteiger charge is -2.22. The van der Waals surface area contributed by atoms with Crippen molar-refractivity contribution in [1.29, 1.82) is 0 Å². The highest BCUT2D eigenvalue weighted by Gasteiger charge is 2.14. The molecule has 0 radical (unpaired) electrons. The molecular weight excluding hydrogens is 258 g/mol. The molecule has 1 heterocycles. The highest BCUT2D eigenvalue weighted by atomic mass is 16.3. The van der Waals surface area contributed by atoms with E-state index in [-0.39, 0.29) is 30.4 Å². The van der Waals surface area contributed by atoms with Gasteiger partial charge in [0, 0.05) is 26.3 Å². The number of nitrogens with one attached hydrogen (secondary N) is 1. The lowest BCUT2D eigenvalue weighted by Crippen LogP contribution is -2.39. The largest absolute Gasteiger partial charge is 0.395 e. The molecule has 0 bridgehead atoms. The van der Waals surface area contributed by atoms with Crippen LogP contribution in [0.4, 0.5) is 10.5 Å². The monoisotopic (exact) mass is 281 g/mol. The summed E-state index contributed by atoms with van der Waals surface area (Å²) in [6, 6.07) is 2.92. The van der Waals surface area contributed by atoms with Crippen LogP contribution < -0.4 is 10.9 Å². The second-order valence-corrected chi connectivity index (χ2v) is 4.69. The van der Waals surface area contributed by atoms with E-state index in [9.17, 15) is 9.59 Å². The van der Waals surface area contributed by atoms with Crippen molar-refractivity contribution in [1.82, 2.24) is 9.47 Å². The van der Waals surface area contributed by atoms with Crippen molar-refractivity contribution in [2.45, 2.75) is 26.2 Å². The first kappa shape index (κ1) is 16.2. The van der Waals surface area contributed by atoms with Gasteiger partial charge in [0.05, 0.1) is 6.61 Å². The first-order valence-electron chi connectivity index (χ1n) is 6.92. The molecule has 6 nitrogen and oxygen atoms in total. The van der Waals surface area contributed by atoms with Crippen molar-refractivity contribution in [3.63, 3.8) is 0 Å². The van der Waals surface area contributed by atoms with Crippen molar-refractivity contribution in [3.8, 4) is 0 Å². The fraction of sp³-hybridized carbons (Fsp3) is 0.571. The summed E-state index contributed by atoms with van der Waals surface area (Å²) in [5.41, 5.74) is -0.00297. The van der Waals surface area contributed by atoms with Gasteiger partial charge in [-0.2, -0.15) is 0 Å². The third-order valence-corrected chi connectivity index (χ3v) is 3.05. The molecule has 0 aliphatic heterocycles. The van der Waals surface area contributed by atoms with Gasteiger partial charge >= 0.3 is 6.03 Å². The lowest BCUT2D eigenvalue weighted by atomic mass is 10.2. The van der Waals surface area contributed by atoms with Gasteiger partial charge in [-0.05, 0) is 18.6 Å². The van der Waals surface area contributed by atoms with Crippen LogP contribution in [0, 0.1) is 0 Å². The zero-order valence-electron chi connectivity index (χ0n) is 12.1. The van der Waals surface area contributed by atoms with E-state index in [0.717, 1.165) is 19.3 Å². The molecular formula is C14H23N3O3. The molecule has 0 aliphatic carbocycles. The highest BCUT2D eigenvalue weighted by molar-refractivity contribution is 5.89. The van der Waals surface area contributed by atoms with Crippen LogP contribution in [0.5, 0.6) is 0 Å². The minimum absolute atomic E-state index is 0.0909. The number of aliphatic hydroxyl groups excluding tert-OH is 1. The Labute approximate surface area is 119 Å². The smallest absolute Gasteiger partial charge is 0.322 e. The standard InChI is InChI=1S/C14H23N3O3/c1-3-4-5-9-17(10-11-18)14(20)15-12-7-6-8-16(2)13(12)19/h6-8,18H,3-5,9-11H2,1-2H3,(H,15,20). The summed E-state index contributed by atoms with van der Waals surface area (Å²) in [7, 11) is 1.63. The second kappa shape index (κ2) is 8.37. The number of anilines is 1. The fourth-order valence-electron chi connectivity index (χ4n) is 1.87. The van der Waals surface area contributed by atoms with Crippen molar-refractivity contribution < 1.29 is 9.90 Å². The van der Waals surface area contributed by atoms with Crippen molar-refractivity contribution >= 4 is 11.7 Å². The predicted molar refractivity (Wildman–Crippen MR) is 78.9 cm³/mol. The van der Waals surface area contributed by atoms with Gasteiger partial charge in [-0.15, -0.1) is 0 Å². The van der Waals surface area contributed by atoms with Crippen LogP contribution in [0.3, 0.4) is 0 Å². The van der Waals surface area contributed by atoms with E-state index in [2.05, 4.69) is 12.2 Å². The number of amides is 2. The maximum Gasteiger partial charge on any atom is 0.322 e. The van der Waals surface area contributed by atoms with E-state index in [4.69, 9.17) is 5.11 Å². The molecule has 2 amide bonds. The second-order valence-electron chi connectivity index (χ2n) is 4.69. The summed E-state index contributed by atoms with van der Waals surface area (Å²) in [4.78, 5) is 25.5. The quantitative estimate of drug-likeness (QED) is 0.742. The van der Waals surface area contributed by atoms with Gasteiger partial charge in [0.15, 0.2) is 0 Å². The van der Waals surface area contributed by atoms with Gasteiger partial charge in [0.1, 0.15) is 5.69 Å². The Balaban J connectivity index is 2.69. The predicted octanol–water partition coefficient (Wildman–Crippen LogP) is 1.40. The summed E-state index contributed by atoms with van der Waals surface area (Å²) in [6.07, 6.45) is 4.61. The summed E-state index contributed by atoms with van der Waals surface area (Å²) in [6.45, 7) is 2.84. The van der Waals surface area contributed by atoms with Crippen molar-refractivity contribution in [2.24, 2.45) is 7.05 Å². The number of carbonyl (C=O) groups is 1. The molecule has 0 saturated carbocycles. The van der Waals surface area contributed by atoms with Gasteiger partial charge in [0.25, 0.3) is 5.56 Å². The number of pyridine rings is 1. The van der Waals surface area contributed by atoms with E-state index >= 15 is 0 Å². The zero-order valence-corrected chi connectivity index (χ0v) is 12.1. The maximum atomic E-state index is 12.1. The molecule has 0 aromatic carbocycles. The number of aliphatic hydroxyl groups is 1. The summed E-state index contributed by atoms with van der Waals surface area (Å²) >= 11 is 0. The van der Waals surface area contributed by atoms with E-state index in [1.807, 2.05) is 0 Å². The number of carbonyl (C=O) groups excluding carboxylic acids is 1. The fourth-order valence-corrected chi connectivity index (χ4v) is 1.87. The van der Waals surface area contributed by atoms with Crippen molar-refractivity contribution in [3.05, 3.63) is 28.7 Å². The summed E-state index contributed by atoms with van der Waals surface area (Å²) in [5.74, 6) is 0.